The van der Waals surface area contributed by atoms with Gasteiger partial charge in [0, 0.05) is 18.3 Å². The van der Waals surface area contributed by atoms with Crippen LogP contribution >= 0.6 is 11.8 Å². The Hall–Kier alpha value is -0.180. The Bertz CT molecular complexity index is 282. The molecule has 1 saturated heterocycles. The van der Waals surface area contributed by atoms with E-state index in [9.17, 15) is 0 Å². The summed E-state index contributed by atoms with van der Waals surface area (Å²) in [6.45, 7) is 7.99. The molecule has 2 atom stereocenters. The highest BCUT2D eigenvalue weighted by molar-refractivity contribution is 8.13. The van der Waals surface area contributed by atoms with Crippen molar-refractivity contribution in [3.05, 3.63) is 0 Å². The predicted octanol–water partition coefficient (Wildman–Crippen LogP) is 3.92. The van der Waals surface area contributed by atoms with Crippen molar-refractivity contribution in [2.75, 3.05) is 12.3 Å². The van der Waals surface area contributed by atoms with Gasteiger partial charge in [0.2, 0.25) is 0 Å². The van der Waals surface area contributed by atoms with E-state index in [0.717, 1.165) is 24.3 Å². The Kier molecular flexibility index (Phi) is 5.40. The highest BCUT2D eigenvalue weighted by Gasteiger charge is 2.21. The van der Waals surface area contributed by atoms with Gasteiger partial charge in [-0.25, -0.2) is 0 Å². The molecule has 1 aliphatic carbocycles. The van der Waals surface area contributed by atoms with Crippen molar-refractivity contribution >= 4 is 16.9 Å². The van der Waals surface area contributed by atoms with Crippen LogP contribution in [0.2, 0.25) is 0 Å². The summed E-state index contributed by atoms with van der Waals surface area (Å²) in [4.78, 5) is 4.75. The van der Waals surface area contributed by atoms with Gasteiger partial charge in [-0.2, -0.15) is 0 Å². The minimum atomic E-state index is 0.584. The number of hydrogen-bond acceptors (Lipinski definition) is 2. The molecule has 104 valence electrons. The quantitative estimate of drug-likeness (QED) is 0.839. The van der Waals surface area contributed by atoms with Crippen LogP contribution < -0.4 is 5.32 Å². The normalized spacial score (nSPS) is 39.6. The molecule has 0 amide bonds. The molecule has 2 nitrogen and oxygen atoms in total. The van der Waals surface area contributed by atoms with Gasteiger partial charge >= 0.3 is 0 Å². The largest absolute Gasteiger partial charge is 0.362 e. The first-order valence-corrected chi connectivity index (χ1v) is 8.57. The molecule has 18 heavy (non-hydrogen) atoms. The topological polar surface area (TPSA) is 24.4 Å². The molecule has 1 N–H and O–H groups in total. The Labute approximate surface area is 116 Å². The average molecular weight is 268 g/mol. The lowest BCUT2D eigenvalue weighted by atomic mass is 9.81. The van der Waals surface area contributed by atoms with Crippen LogP contribution in [0.5, 0.6) is 0 Å². The molecule has 1 aliphatic heterocycles. The molecule has 0 aromatic rings. The summed E-state index contributed by atoms with van der Waals surface area (Å²) in [6, 6.07) is 0.584. The van der Waals surface area contributed by atoms with Crippen molar-refractivity contribution in [1.82, 2.24) is 5.32 Å². The van der Waals surface area contributed by atoms with Crippen LogP contribution in [0.3, 0.4) is 0 Å². The fraction of sp³-hybridized carbons (Fsp3) is 0.933. The summed E-state index contributed by atoms with van der Waals surface area (Å²) in [5.74, 6) is 3.88. The van der Waals surface area contributed by atoms with Gasteiger partial charge < -0.3 is 5.32 Å². The summed E-state index contributed by atoms with van der Waals surface area (Å²) in [7, 11) is 0. The van der Waals surface area contributed by atoms with Crippen molar-refractivity contribution in [3.63, 3.8) is 0 Å². The smallest absolute Gasteiger partial charge is 0.156 e. The van der Waals surface area contributed by atoms with Crippen LogP contribution in [0.15, 0.2) is 4.99 Å². The number of amidine groups is 1. The van der Waals surface area contributed by atoms with E-state index in [1.807, 2.05) is 11.8 Å². The van der Waals surface area contributed by atoms with Gasteiger partial charge in [0.25, 0.3) is 0 Å². The fourth-order valence-corrected chi connectivity index (χ4v) is 3.95. The monoisotopic (exact) mass is 268 g/mol. The summed E-state index contributed by atoms with van der Waals surface area (Å²) in [6.07, 6.45) is 7.02. The van der Waals surface area contributed by atoms with Gasteiger partial charge in [0.1, 0.15) is 0 Å². The van der Waals surface area contributed by atoms with E-state index in [1.165, 1.54) is 43.0 Å². The maximum atomic E-state index is 4.75. The van der Waals surface area contributed by atoms with E-state index in [1.54, 1.807) is 0 Å². The minimum Gasteiger partial charge on any atom is -0.362 e. The molecular formula is C15H28N2S. The first-order chi connectivity index (χ1) is 8.65. The van der Waals surface area contributed by atoms with Gasteiger partial charge in [0.15, 0.2) is 5.17 Å². The Morgan fingerprint density at radius 3 is 2.56 bits per heavy atom. The molecule has 2 unspecified atom stereocenters. The molecule has 0 aromatic carbocycles. The van der Waals surface area contributed by atoms with Gasteiger partial charge in [-0.15, -0.1) is 0 Å². The maximum absolute atomic E-state index is 4.75. The van der Waals surface area contributed by atoms with Crippen LogP contribution in [-0.4, -0.2) is 23.5 Å². The molecule has 3 heteroatoms. The Morgan fingerprint density at radius 1 is 1.17 bits per heavy atom. The molecule has 0 aromatic heterocycles. The van der Waals surface area contributed by atoms with Crippen molar-refractivity contribution < 1.29 is 0 Å². The van der Waals surface area contributed by atoms with Crippen molar-refractivity contribution in [2.45, 2.75) is 58.9 Å². The summed E-state index contributed by atoms with van der Waals surface area (Å²) in [5.41, 5.74) is 0. The third kappa shape index (κ3) is 4.18. The molecule has 0 spiro atoms. The minimum absolute atomic E-state index is 0.584. The van der Waals surface area contributed by atoms with Crippen molar-refractivity contribution in [2.24, 2.45) is 22.7 Å². The van der Waals surface area contributed by atoms with E-state index in [0.29, 0.717) is 6.04 Å². The lowest BCUT2D eigenvalue weighted by molar-refractivity contribution is 0.280. The Morgan fingerprint density at radius 2 is 1.89 bits per heavy atom. The Balaban J connectivity index is 1.68. The van der Waals surface area contributed by atoms with Crippen molar-refractivity contribution in [1.29, 1.82) is 0 Å². The first-order valence-electron chi connectivity index (χ1n) is 7.59. The second-order valence-corrected chi connectivity index (χ2v) is 7.33. The first kappa shape index (κ1) is 14.2. The second-order valence-electron chi connectivity index (χ2n) is 6.32. The SMILES string of the molecule is CC1CCC(CCN=C2NC(C)C(C)CS2)CC1. The molecule has 2 fully saturated rings. The van der Waals surface area contributed by atoms with Gasteiger partial charge in [-0.3, -0.25) is 4.99 Å². The number of rotatable bonds is 3. The van der Waals surface area contributed by atoms with Crippen LogP contribution in [0.1, 0.15) is 52.9 Å². The molecule has 1 heterocycles. The summed E-state index contributed by atoms with van der Waals surface area (Å²) < 4.78 is 0. The zero-order valence-electron chi connectivity index (χ0n) is 12.1. The van der Waals surface area contributed by atoms with E-state index < -0.39 is 0 Å². The predicted molar refractivity (Wildman–Crippen MR) is 82.3 cm³/mol. The van der Waals surface area contributed by atoms with Crippen LogP contribution in [0.25, 0.3) is 0 Å². The number of nitrogens with zero attached hydrogens (tertiary/aromatic N) is 1. The number of thioether (sulfide) groups is 1. The van der Waals surface area contributed by atoms with Gasteiger partial charge in [0.05, 0.1) is 0 Å². The molecule has 2 aliphatic rings. The lowest BCUT2D eigenvalue weighted by Gasteiger charge is -2.28. The van der Waals surface area contributed by atoms with E-state index >= 15 is 0 Å². The van der Waals surface area contributed by atoms with Gasteiger partial charge in [-0.05, 0) is 31.1 Å². The van der Waals surface area contributed by atoms with E-state index in [-0.39, 0.29) is 0 Å². The summed E-state index contributed by atoms with van der Waals surface area (Å²) >= 11 is 1.90. The average Bonchev–Trinajstić information content (AvgIpc) is 2.36. The zero-order chi connectivity index (χ0) is 13.0. The number of hydrogen-bond donors (Lipinski definition) is 1. The van der Waals surface area contributed by atoms with E-state index in [2.05, 4.69) is 26.1 Å². The maximum Gasteiger partial charge on any atom is 0.156 e. The molecular weight excluding hydrogens is 240 g/mol. The van der Waals surface area contributed by atoms with Gasteiger partial charge in [-0.1, -0.05) is 51.3 Å². The van der Waals surface area contributed by atoms with Crippen LogP contribution in [0.4, 0.5) is 0 Å². The molecule has 0 radical (unpaired) electrons. The fourth-order valence-electron chi connectivity index (χ4n) is 2.79. The van der Waals surface area contributed by atoms with Crippen molar-refractivity contribution in [3.8, 4) is 0 Å². The standard InChI is InChI=1S/C15H28N2S/c1-11-4-6-14(7-5-11)8-9-16-15-17-13(3)12(2)10-18-15/h11-14H,4-10H2,1-3H3,(H,16,17). The highest BCUT2D eigenvalue weighted by Crippen LogP contribution is 2.30. The van der Waals surface area contributed by atoms with Crippen LogP contribution in [0, 0.1) is 17.8 Å². The zero-order valence-corrected chi connectivity index (χ0v) is 12.9. The third-order valence-electron chi connectivity index (χ3n) is 4.62. The van der Waals surface area contributed by atoms with E-state index in [4.69, 9.17) is 4.99 Å². The highest BCUT2D eigenvalue weighted by atomic mass is 32.2. The molecule has 1 saturated carbocycles. The number of nitrogens with one attached hydrogen (secondary N) is 1. The third-order valence-corrected chi connectivity index (χ3v) is 5.83. The lowest BCUT2D eigenvalue weighted by Crippen LogP contribution is -2.41. The molecule has 0 bridgehead atoms. The number of aliphatic imine (C=N–C) groups is 1. The molecule has 2 rings (SSSR count). The second kappa shape index (κ2) is 6.83. The summed E-state index contributed by atoms with van der Waals surface area (Å²) in [5, 5.41) is 4.71. The van der Waals surface area contributed by atoms with Crippen LogP contribution in [-0.2, 0) is 0 Å².